The van der Waals surface area contributed by atoms with E-state index in [0.717, 1.165) is 18.7 Å². The van der Waals surface area contributed by atoms with Crippen molar-refractivity contribution in [1.82, 2.24) is 9.80 Å². The summed E-state index contributed by atoms with van der Waals surface area (Å²) in [5.74, 6) is -0.297. The predicted octanol–water partition coefficient (Wildman–Crippen LogP) is 3.47. The van der Waals surface area contributed by atoms with Crippen LogP contribution in [-0.2, 0) is 9.59 Å². The standard InChI is InChI=1S/C25H30N2O5/c1-5-26(6-2)14-15-27-22(17-10-12-19(31-3)13-11-17)21(24(29)25(27)30)23(28)18-8-7-9-20(16-18)32-4/h7-13,16,22,28H,5-6,14-15H2,1-4H3/b23-21-. The molecule has 0 aromatic heterocycles. The van der Waals surface area contributed by atoms with E-state index in [9.17, 15) is 14.7 Å². The Hall–Kier alpha value is -3.32. The van der Waals surface area contributed by atoms with Gasteiger partial charge in [0.2, 0.25) is 0 Å². The number of carbonyl (C=O) groups excluding carboxylic acids is 2. The van der Waals surface area contributed by atoms with Gasteiger partial charge in [0.15, 0.2) is 0 Å². The predicted molar refractivity (Wildman–Crippen MR) is 123 cm³/mol. The first-order valence-corrected chi connectivity index (χ1v) is 10.7. The van der Waals surface area contributed by atoms with Crippen molar-refractivity contribution in [3.8, 4) is 11.5 Å². The van der Waals surface area contributed by atoms with Gasteiger partial charge in [-0.2, -0.15) is 0 Å². The third kappa shape index (κ3) is 4.62. The molecule has 32 heavy (non-hydrogen) atoms. The van der Waals surface area contributed by atoms with Crippen LogP contribution in [0.3, 0.4) is 0 Å². The molecule has 1 N–H and O–H groups in total. The molecule has 1 heterocycles. The molecule has 7 heteroatoms. The molecule has 0 bridgehead atoms. The van der Waals surface area contributed by atoms with E-state index in [4.69, 9.17) is 9.47 Å². The van der Waals surface area contributed by atoms with Gasteiger partial charge in [0.1, 0.15) is 17.3 Å². The van der Waals surface area contributed by atoms with Crippen LogP contribution in [-0.4, -0.2) is 67.0 Å². The zero-order valence-electron chi connectivity index (χ0n) is 19.0. The first-order valence-electron chi connectivity index (χ1n) is 10.7. The van der Waals surface area contributed by atoms with E-state index < -0.39 is 17.7 Å². The molecule has 1 unspecified atom stereocenters. The van der Waals surface area contributed by atoms with Gasteiger partial charge in [-0.25, -0.2) is 0 Å². The number of likely N-dealkylation sites (N-methyl/N-ethyl adjacent to an activating group) is 1. The molecule has 7 nitrogen and oxygen atoms in total. The molecule has 2 aromatic carbocycles. The van der Waals surface area contributed by atoms with E-state index in [1.165, 1.54) is 7.11 Å². The summed E-state index contributed by atoms with van der Waals surface area (Å²) in [5.41, 5.74) is 1.23. The first-order chi connectivity index (χ1) is 15.4. The lowest BCUT2D eigenvalue weighted by atomic mass is 9.95. The molecule has 1 aliphatic heterocycles. The summed E-state index contributed by atoms with van der Waals surface area (Å²) in [6.45, 7) is 6.81. The quantitative estimate of drug-likeness (QED) is 0.367. The Bertz CT molecular complexity index is 996. The minimum Gasteiger partial charge on any atom is -0.507 e. The highest BCUT2D eigenvalue weighted by Gasteiger charge is 2.46. The van der Waals surface area contributed by atoms with Gasteiger partial charge in [0.05, 0.1) is 25.8 Å². The van der Waals surface area contributed by atoms with Crippen LogP contribution in [0.15, 0.2) is 54.1 Å². The van der Waals surface area contributed by atoms with Crippen LogP contribution in [0.5, 0.6) is 11.5 Å². The van der Waals surface area contributed by atoms with E-state index in [-0.39, 0.29) is 11.3 Å². The van der Waals surface area contributed by atoms with Crippen molar-refractivity contribution in [2.75, 3.05) is 40.4 Å². The summed E-state index contributed by atoms with van der Waals surface area (Å²) >= 11 is 0. The summed E-state index contributed by atoms with van der Waals surface area (Å²) in [4.78, 5) is 29.9. The Morgan fingerprint density at radius 1 is 1.00 bits per heavy atom. The molecule has 1 fully saturated rings. The monoisotopic (exact) mass is 438 g/mol. The number of aliphatic hydroxyl groups is 1. The lowest BCUT2D eigenvalue weighted by Crippen LogP contribution is -2.38. The second-order valence-corrected chi connectivity index (χ2v) is 7.52. The van der Waals surface area contributed by atoms with Crippen LogP contribution in [0.2, 0.25) is 0 Å². The summed E-state index contributed by atoms with van der Waals surface area (Å²) < 4.78 is 10.5. The maximum Gasteiger partial charge on any atom is 0.295 e. The van der Waals surface area contributed by atoms with Gasteiger partial charge in [-0.3, -0.25) is 9.59 Å². The number of rotatable bonds is 9. The molecule has 1 amide bonds. The van der Waals surface area contributed by atoms with Gasteiger partial charge in [0.25, 0.3) is 11.7 Å². The molecular weight excluding hydrogens is 408 g/mol. The molecule has 0 radical (unpaired) electrons. The van der Waals surface area contributed by atoms with Gasteiger partial charge < -0.3 is 24.4 Å². The van der Waals surface area contributed by atoms with Crippen molar-refractivity contribution < 1.29 is 24.2 Å². The molecule has 1 aliphatic rings. The second-order valence-electron chi connectivity index (χ2n) is 7.52. The molecule has 1 saturated heterocycles. The maximum absolute atomic E-state index is 13.1. The highest BCUT2D eigenvalue weighted by atomic mass is 16.5. The number of carbonyl (C=O) groups is 2. The van der Waals surface area contributed by atoms with E-state index in [1.54, 1.807) is 48.4 Å². The van der Waals surface area contributed by atoms with Crippen LogP contribution < -0.4 is 9.47 Å². The Morgan fingerprint density at radius 3 is 2.25 bits per heavy atom. The fourth-order valence-electron chi connectivity index (χ4n) is 3.96. The number of ketones is 1. The van der Waals surface area contributed by atoms with Crippen LogP contribution in [0.1, 0.15) is 31.0 Å². The Labute approximate surface area is 188 Å². The number of nitrogens with zero attached hydrogens (tertiary/aromatic N) is 2. The first kappa shape index (κ1) is 23.3. The average Bonchev–Trinajstić information content (AvgIpc) is 3.09. The van der Waals surface area contributed by atoms with Crippen LogP contribution in [0, 0.1) is 0 Å². The van der Waals surface area contributed by atoms with Crippen molar-refractivity contribution >= 4 is 17.4 Å². The second kappa shape index (κ2) is 10.3. The Morgan fingerprint density at radius 2 is 1.66 bits per heavy atom. The van der Waals surface area contributed by atoms with E-state index in [1.807, 2.05) is 12.1 Å². The summed E-state index contributed by atoms with van der Waals surface area (Å²) in [5, 5.41) is 11.1. The Balaban J connectivity index is 2.10. The van der Waals surface area contributed by atoms with Gasteiger partial charge in [-0.1, -0.05) is 38.1 Å². The maximum atomic E-state index is 13.1. The highest BCUT2D eigenvalue weighted by molar-refractivity contribution is 6.46. The summed E-state index contributed by atoms with van der Waals surface area (Å²) in [6.07, 6.45) is 0. The number of benzene rings is 2. The number of ether oxygens (including phenoxy) is 2. The lowest BCUT2D eigenvalue weighted by molar-refractivity contribution is -0.140. The minimum absolute atomic E-state index is 0.0768. The van der Waals surface area contributed by atoms with Crippen LogP contribution in [0.25, 0.3) is 5.76 Å². The largest absolute Gasteiger partial charge is 0.507 e. The smallest absolute Gasteiger partial charge is 0.295 e. The van der Waals surface area contributed by atoms with Crippen LogP contribution >= 0.6 is 0 Å². The number of hydrogen-bond donors (Lipinski definition) is 1. The van der Waals surface area contributed by atoms with Crippen molar-refractivity contribution in [1.29, 1.82) is 0 Å². The number of methoxy groups -OCH3 is 2. The van der Waals surface area contributed by atoms with Crippen molar-refractivity contribution in [2.45, 2.75) is 19.9 Å². The number of Topliss-reactive ketones (excluding diaryl/α,β-unsaturated/α-hetero) is 1. The van der Waals surface area contributed by atoms with E-state index in [2.05, 4.69) is 18.7 Å². The molecule has 0 saturated carbocycles. The lowest BCUT2D eigenvalue weighted by Gasteiger charge is -2.28. The molecular formula is C25H30N2O5. The fraction of sp³-hybridized carbons (Fsp3) is 0.360. The fourth-order valence-corrected chi connectivity index (χ4v) is 3.96. The molecule has 1 atom stereocenters. The normalized spacial score (nSPS) is 17.8. The number of hydrogen-bond acceptors (Lipinski definition) is 6. The molecule has 170 valence electrons. The van der Waals surface area contributed by atoms with Crippen molar-refractivity contribution in [3.63, 3.8) is 0 Å². The van der Waals surface area contributed by atoms with Crippen LogP contribution in [0.4, 0.5) is 0 Å². The molecule has 2 aromatic rings. The number of likely N-dealkylation sites (tertiary alicyclic amines) is 1. The third-order valence-electron chi connectivity index (χ3n) is 5.87. The zero-order chi connectivity index (χ0) is 23.3. The molecule has 0 spiro atoms. The molecule has 3 rings (SSSR count). The SMILES string of the molecule is CCN(CC)CCN1C(=O)C(=O)/C(=C(\O)c2cccc(OC)c2)C1c1ccc(OC)cc1. The highest BCUT2D eigenvalue weighted by Crippen LogP contribution is 2.40. The molecule has 0 aliphatic carbocycles. The summed E-state index contributed by atoms with van der Waals surface area (Å²) in [6, 6.07) is 13.3. The number of aliphatic hydroxyl groups excluding tert-OH is 1. The summed E-state index contributed by atoms with van der Waals surface area (Å²) in [7, 11) is 3.11. The zero-order valence-corrected chi connectivity index (χ0v) is 19.0. The number of amides is 1. The Kier molecular flexibility index (Phi) is 7.53. The van der Waals surface area contributed by atoms with Gasteiger partial charge in [0, 0.05) is 18.7 Å². The average molecular weight is 439 g/mol. The van der Waals surface area contributed by atoms with E-state index in [0.29, 0.717) is 30.2 Å². The van der Waals surface area contributed by atoms with Gasteiger partial charge >= 0.3 is 0 Å². The third-order valence-corrected chi connectivity index (χ3v) is 5.87. The van der Waals surface area contributed by atoms with Gasteiger partial charge in [-0.05, 0) is 42.9 Å². The van der Waals surface area contributed by atoms with Gasteiger partial charge in [-0.15, -0.1) is 0 Å². The van der Waals surface area contributed by atoms with Crippen molar-refractivity contribution in [3.05, 3.63) is 65.2 Å². The van der Waals surface area contributed by atoms with Crippen molar-refractivity contribution in [2.24, 2.45) is 0 Å². The van der Waals surface area contributed by atoms with E-state index >= 15 is 0 Å². The minimum atomic E-state index is -0.692. The topological polar surface area (TPSA) is 79.3 Å².